The standard InChI is InChI=1S/C19H21N3O3S2/c23-19(12-9-16-5-4-14-26-16)21-15-7-10-17(11-8-15)27(24,25)22-18-6-2-1-3-13-20-18/h4-5,7-12,14H,1-3,6,13H2,(H,20,22)(H,21,23)/b12-9+. The molecule has 0 aliphatic carbocycles. The van der Waals surface area contributed by atoms with Crippen molar-refractivity contribution >= 4 is 44.9 Å². The van der Waals surface area contributed by atoms with Crippen molar-refractivity contribution in [1.29, 1.82) is 0 Å². The Morgan fingerprint density at radius 3 is 2.67 bits per heavy atom. The van der Waals surface area contributed by atoms with Crippen molar-refractivity contribution in [2.75, 3.05) is 11.9 Å². The molecule has 0 radical (unpaired) electrons. The lowest BCUT2D eigenvalue weighted by atomic mass is 10.2. The Labute approximate surface area is 163 Å². The first-order valence-corrected chi connectivity index (χ1v) is 11.1. The summed E-state index contributed by atoms with van der Waals surface area (Å²) >= 11 is 1.54. The second-order valence-corrected chi connectivity index (χ2v) is 8.77. The number of nitrogens with zero attached hydrogens (tertiary/aromatic N) is 1. The van der Waals surface area contributed by atoms with E-state index in [0.717, 1.165) is 24.1 Å². The van der Waals surface area contributed by atoms with E-state index in [1.807, 2.05) is 17.5 Å². The Morgan fingerprint density at radius 2 is 1.93 bits per heavy atom. The van der Waals surface area contributed by atoms with Crippen LogP contribution in [0.3, 0.4) is 0 Å². The minimum absolute atomic E-state index is 0.140. The smallest absolute Gasteiger partial charge is 0.262 e. The summed E-state index contributed by atoms with van der Waals surface area (Å²) in [6.45, 7) is 0.655. The number of thiophene rings is 1. The van der Waals surface area contributed by atoms with Gasteiger partial charge in [0.15, 0.2) is 0 Å². The average molecular weight is 404 g/mol. The van der Waals surface area contributed by atoms with E-state index in [4.69, 9.17) is 0 Å². The van der Waals surface area contributed by atoms with Crippen LogP contribution in [-0.4, -0.2) is 26.7 Å². The van der Waals surface area contributed by atoms with Crippen LogP contribution in [0.4, 0.5) is 5.69 Å². The summed E-state index contributed by atoms with van der Waals surface area (Å²) in [5.74, 6) is 0.244. The number of carbonyl (C=O) groups is 1. The van der Waals surface area contributed by atoms with Crippen LogP contribution < -0.4 is 10.0 Å². The zero-order valence-electron chi connectivity index (χ0n) is 14.7. The van der Waals surface area contributed by atoms with Crippen molar-refractivity contribution in [3.8, 4) is 0 Å². The molecule has 1 aliphatic heterocycles. The first-order valence-electron chi connectivity index (χ1n) is 8.72. The fourth-order valence-electron chi connectivity index (χ4n) is 2.62. The van der Waals surface area contributed by atoms with E-state index < -0.39 is 10.0 Å². The summed E-state index contributed by atoms with van der Waals surface area (Å²) in [7, 11) is -3.67. The Bertz CT molecular complexity index is 931. The van der Waals surface area contributed by atoms with Crippen LogP contribution in [0.1, 0.15) is 30.6 Å². The first kappa shape index (κ1) is 19.3. The molecule has 3 rings (SSSR count). The molecule has 0 saturated carbocycles. The van der Waals surface area contributed by atoms with Crippen molar-refractivity contribution in [3.63, 3.8) is 0 Å². The van der Waals surface area contributed by atoms with Gasteiger partial charge in [-0.2, -0.15) is 0 Å². The monoisotopic (exact) mass is 403 g/mol. The summed E-state index contributed by atoms with van der Waals surface area (Å²) < 4.78 is 27.6. The maximum atomic E-state index is 12.5. The Hall–Kier alpha value is -2.45. The Balaban J connectivity index is 1.62. The van der Waals surface area contributed by atoms with Crippen molar-refractivity contribution in [1.82, 2.24) is 4.72 Å². The van der Waals surface area contributed by atoms with Crippen molar-refractivity contribution < 1.29 is 13.2 Å². The molecule has 0 saturated heterocycles. The highest BCUT2D eigenvalue weighted by Crippen LogP contribution is 2.16. The van der Waals surface area contributed by atoms with E-state index in [1.54, 1.807) is 29.5 Å². The molecule has 1 aromatic heterocycles. The maximum absolute atomic E-state index is 12.5. The lowest BCUT2D eigenvalue weighted by molar-refractivity contribution is -0.111. The summed E-state index contributed by atoms with van der Waals surface area (Å²) in [6.07, 6.45) is 6.80. The van der Waals surface area contributed by atoms with Gasteiger partial charge < -0.3 is 5.32 Å². The van der Waals surface area contributed by atoms with Crippen molar-refractivity contribution in [3.05, 3.63) is 52.7 Å². The van der Waals surface area contributed by atoms with Gasteiger partial charge in [-0.15, -0.1) is 11.3 Å². The molecule has 8 heteroatoms. The molecule has 6 nitrogen and oxygen atoms in total. The number of hydrogen-bond donors (Lipinski definition) is 2. The van der Waals surface area contributed by atoms with Crippen LogP contribution in [0.15, 0.2) is 57.7 Å². The van der Waals surface area contributed by atoms with Gasteiger partial charge in [0.2, 0.25) is 5.91 Å². The van der Waals surface area contributed by atoms with Gasteiger partial charge >= 0.3 is 0 Å². The van der Waals surface area contributed by atoms with E-state index >= 15 is 0 Å². The molecule has 0 fully saturated rings. The zero-order valence-corrected chi connectivity index (χ0v) is 16.4. The van der Waals surface area contributed by atoms with Gasteiger partial charge in [-0.05, 0) is 54.6 Å². The average Bonchev–Trinajstić information content (AvgIpc) is 3.04. The molecular formula is C19H21N3O3S2. The third-order valence-electron chi connectivity index (χ3n) is 4.00. The molecule has 142 valence electrons. The molecule has 0 atom stereocenters. The van der Waals surface area contributed by atoms with Crippen LogP contribution in [0.5, 0.6) is 0 Å². The fraction of sp³-hybridized carbons (Fsp3) is 0.263. The largest absolute Gasteiger partial charge is 0.323 e. The molecule has 0 bridgehead atoms. The lowest BCUT2D eigenvalue weighted by Gasteiger charge is -2.10. The zero-order chi connectivity index (χ0) is 19.1. The molecule has 0 spiro atoms. The molecule has 27 heavy (non-hydrogen) atoms. The van der Waals surface area contributed by atoms with E-state index in [9.17, 15) is 13.2 Å². The minimum Gasteiger partial charge on any atom is -0.323 e. The highest BCUT2D eigenvalue weighted by atomic mass is 32.2. The van der Waals surface area contributed by atoms with Crippen molar-refractivity contribution in [2.24, 2.45) is 4.99 Å². The van der Waals surface area contributed by atoms with Gasteiger partial charge in [0.25, 0.3) is 10.0 Å². The van der Waals surface area contributed by atoms with Crippen LogP contribution >= 0.6 is 11.3 Å². The number of amides is 1. The second-order valence-electron chi connectivity index (χ2n) is 6.11. The summed E-state index contributed by atoms with van der Waals surface area (Å²) in [6, 6.07) is 9.91. The van der Waals surface area contributed by atoms with Gasteiger partial charge in [0, 0.05) is 29.6 Å². The number of amidine groups is 1. The molecule has 2 N–H and O–H groups in total. The van der Waals surface area contributed by atoms with E-state index in [1.165, 1.54) is 18.2 Å². The molecule has 1 aromatic carbocycles. The highest BCUT2D eigenvalue weighted by Gasteiger charge is 2.17. The van der Waals surface area contributed by atoms with Crippen molar-refractivity contribution in [2.45, 2.75) is 30.6 Å². The summed E-state index contributed by atoms with van der Waals surface area (Å²) in [5, 5.41) is 4.65. The van der Waals surface area contributed by atoms with Gasteiger partial charge in [0.05, 0.1) is 4.90 Å². The quantitative estimate of drug-likeness (QED) is 0.747. The van der Waals surface area contributed by atoms with Gasteiger partial charge in [-0.25, -0.2) is 8.42 Å². The lowest BCUT2D eigenvalue weighted by Crippen LogP contribution is -2.30. The molecular weight excluding hydrogens is 382 g/mol. The third-order valence-corrected chi connectivity index (χ3v) is 6.24. The third kappa shape index (κ3) is 5.77. The number of benzene rings is 1. The highest BCUT2D eigenvalue weighted by molar-refractivity contribution is 7.90. The predicted molar refractivity (Wildman–Crippen MR) is 110 cm³/mol. The normalized spacial score (nSPS) is 15.2. The molecule has 0 unspecified atom stereocenters. The summed E-state index contributed by atoms with van der Waals surface area (Å²) in [4.78, 5) is 17.4. The molecule has 1 aliphatic rings. The predicted octanol–water partition coefficient (Wildman–Crippen LogP) is 3.65. The molecule has 1 amide bonds. The number of sulfonamides is 1. The maximum Gasteiger partial charge on any atom is 0.262 e. The topological polar surface area (TPSA) is 87.6 Å². The van der Waals surface area contributed by atoms with Gasteiger partial charge in [-0.1, -0.05) is 12.5 Å². The van der Waals surface area contributed by atoms with Crippen LogP contribution in [0, 0.1) is 0 Å². The second kappa shape index (κ2) is 8.96. The van der Waals surface area contributed by atoms with Gasteiger partial charge in [-0.3, -0.25) is 14.5 Å². The Morgan fingerprint density at radius 1 is 1.11 bits per heavy atom. The Kier molecular flexibility index (Phi) is 6.41. The number of anilines is 1. The number of rotatable bonds is 5. The fourth-order valence-corrected chi connectivity index (χ4v) is 4.32. The van der Waals surface area contributed by atoms with Gasteiger partial charge in [0.1, 0.15) is 5.84 Å². The molecule has 2 aromatic rings. The van der Waals surface area contributed by atoms with Crippen LogP contribution in [0.25, 0.3) is 6.08 Å². The first-order chi connectivity index (χ1) is 13.0. The van der Waals surface area contributed by atoms with Crippen LogP contribution in [0.2, 0.25) is 0 Å². The number of hydrogen-bond acceptors (Lipinski definition) is 5. The van der Waals surface area contributed by atoms with Crippen LogP contribution in [-0.2, 0) is 14.8 Å². The molecule has 2 heterocycles. The number of aliphatic imine (C=N–C) groups is 1. The SMILES string of the molecule is O=C(/C=C/c1cccs1)Nc1ccc(S(=O)(=O)NC2=NCCCCC2)cc1. The number of nitrogens with one attached hydrogen (secondary N) is 2. The number of carbonyl (C=O) groups excluding carboxylic acids is 1. The minimum atomic E-state index is -3.67. The van der Waals surface area contributed by atoms with E-state index in [2.05, 4.69) is 15.0 Å². The van der Waals surface area contributed by atoms with E-state index in [-0.39, 0.29) is 10.8 Å². The van der Waals surface area contributed by atoms with E-state index in [0.29, 0.717) is 24.5 Å². The summed E-state index contributed by atoms with van der Waals surface area (Å²) in [5.41, 5.74) is 0.529.